The molecule has 12 heteroatoms. The molecule has 218 valence electrons. The van der Waals surface area contributed by atoms with Crippen LogP contribution in [0.25, 0.3) is 34.1 Å². The van der Waals surface area contributed by atoms with Crippen LogP contribution in [0.5, 0.6) is 0 Å². The maximum absolute atomic E-state index is 15.5. The van der Waals surface area contributed by atoms with E-state index in [1.165, 1.54) is 23.0 Å². The number of piperidine rings is 1. The number of benzene rings is 1. The van der Waals surface area contributed by atoms with E-state index in [1.807, 2.05) is 28.8 Å². The zero-order valence-electron chi connectivity index (χ0n) is 23.2. The van der Waals surface area contributed by atoms with Crippen LogP contribution in [0.15, 0.2) is 73.6 Å². The number of hydrogen-bond acceptors (Lipinski definition) is 7. The van der Waals surface area contributed by atoms with E-state index in [0.717, 1.165) is 29.7 Å². The Hall–Kier alpha value is -4.97. The van der Waals surface area contributed by atoms with Crippen LogP contribution < -0.4 is 11.1 Å². The van der Waals surface area contributed by atoms with Gasteiger partial charge in [0.05, 0.1) is 11.6 Å². The van der Waals surface area contributed by atoms with E-state index < -0.39 is 18.2 Å². The molecule has 0 bridgehead atoms. The smallest absolute Gasteiger partial charge is 0.245 e. The predicted molar refractivity (Wildman–Crippen MR) is 158 cm³/mol. The first-order valence-electron chi connectivity index (χ1n) is 14.2. The Labute approximate surface area is 245 Å². The number of rotatable bonds is 6. The minimum atomic E-state index is -1.09. The predicted octanol–water partition coefficient (Wildman–Crippen LogP) is 4.09. The van der Waals surface area contributed by atoms with Crippen LogP contribution in [0.3, 0.4) is 0 Å². The fraction of sp³-hybridized carbons (Fsp3) is 0.258. The van der Waals surface area contributed by atoms with Gasteiger partial charge in [0.2, 0.25) is 11.9 Å². The summed E-state index contributed by atoms with van der Waals surface area (Å²) in [6.45, 7) is 4.80. The van der Waals surface area contributed by atoms with Crippen LogP contribution in [-0.2, 0) is 11.2 Å². The molecule has 1 amide bonds. The van der Waals surface area contributed by atoms with E-state index >= 15 is 4.39 Å². The normalized spacial score (nSPS) is 18.7. The lowest BCUT2D eigenvalue weighted by molar-refractivity contribution is -0.127. The number of alkyl halides is 1. The number of imidazole rings is 1. The molecule has 1 aliphatic heterocycles. The summed E-state index contributed by atoms with van der Waals surface area (Å²) in [5, 5.41) is 7.38. The second-order valence-corrected chi connectivity index (χ2v) is 10.9. The first-order chi connectivity index (χ1) is 20.9. The van der Waals surface area contributed by atoms with E-state index in [1.54, 1.807) is 29.3 Å². The lowest BCUT2D eigenvalue weighted by Gasteiger charge is -2.34. The van der Waals surface area contributed by atoms with Crippen LogP contribution in [0.2, 0.25) is 0 Å². The van der Waals surface area contributed by atoms with Gasteiger partial charge in [-0.1, -0.05) is 12.6 Å². The number of carbonyl (C=O) groups is 1. The number of aromatic nitrogens is 6. The third-order valence-corrected chi connectivity index (χ3v) is 8.25. The number of likely N-dealkylation sites (tertiary alicyclic amines) is 1. The second kappa shape index (κ2) is 10.7. The van der Waals surface area contributed by atoms with E-state index in [4.69, 9.17) is 15.7 Å². The molecule has 1 unspecified atom stereocenters. The quantitative estimate of drug-likeness (QED) is 0.290. The molecule has 7 rings (SSSR count). The van der Waals surface area contributed by atoms with Gasteiger partial charge in [0.15, 0.2) is 17.3 Å². The SMILES string of the molecule is C=CC(=O)N1CCC(N[C@@H]2c3ccc(-n4c(-c5cccnc5N)nc5ccc(-n6ccc(F)n6)nc54)cc3CC2F)CC1. The van der Waals surface area contributed by atoms with E-state index in [0.29, 0.717) is 47.3 Å². The maximum atomic E-state index is 15.5. The van der Waals surface area contributed by atoms with Gasteiger partial charge in [-0.05, 0) is 66.4 Å². The number of pyridine rings is 2. The highest BCUT2D eigenvalue weighted by molar-refractivity contribution is 5.87. The highest BCUT2D eigenvalue weighted by Gasteiger charge is 2.35. The Morgan fingerprint density at radius 2 is 1.95 bits per heavy atom. The number of nitrogens with two attached hydrogens (primary N) is 1. The largest absolute Gasteiger partial charge is 0.383 e. The summed E-state index contributed by atoms with van der Waals surface area (Å²) in [5.41, 5.74) is 10.5. The maximum Gasteiger partial charge on any atom is 0.245 e. The molecular weight excluding hydrogens is 552 g/mol. The monoisotopic (exact) mass is 581 g/mol. The van der Waals surface area contributed by atoms with Crippen molar-refractivity contribution in [2.75, 3.05) is 18.8 Å². The summed E-state index contributed by atoms with van der Waals surface area (Å²) in [5.74, 6) is 0.569. The molecule has 2 atom stereocenters. The van der Waals surface area contributed by atoms with Gasteiger partial charge in [-0.25, -0.2) is 24.0 Å². The van der Waals surface area contributed by atoms with Crippen molar-refractivity contribution in [2.24, 2.45) is 0 Å². The molecule has 0 radical (unpaired) electrons. The van der Waals surface area contributed by atoms with Gasteiger partial charge in [0.25, 0.3) is 0 Å². The van der Waals surface area contributed by atoms with Gasteiger partial charge in [-0.3, -0.25) is 9.36 Å². The van der Waals surface area contributed by atoms with Crippen LogP contribution in [0, 0.1) is 5.95 Å². The molecule has 1 saturated heterocycles. The van der Waals surface area contributed by atoms with Crippen molar-refractivity contribution in [2.45, 2.75) is 37.5 Å². The molecule has 4 aromatic heterocycles. The number of fused-ring (bicyclic) bond motifs is 2. The van der Waals surface area contributed by atoms with E-state index in [9.17, 15) is 9.18 Å². The summed E-state index contributed by atoms with van der Waals surface area (Å²) in [4.78, 5) is 27.6. The summed E-state index contributed by atoms with van der Waals surface area (Å²) in [7, 11) is 0. The summed E-state index contributed by atoms with van der Waals surface area (Å²) in [6.07, 6.45) is 5.11. The van der Waals surface area contributed by atoms with E-state index in [2.05, 4.69) is 22.0 Å². The Morgan fingerprint density at radius 1 is 1.12 bits per heavy atom. The zero-order valence-corrected chi connectivity index (χ0v) is 23.2. The van der Waals surface area contributed by atoms with Crippen LogP contribution in [0.4, 0.5) is 14.6 Å². The lowest BCUT2D eigenvalue weighted by atomic mass is 10.0. The number of nitrogens with one attached hydrogen (secondary N) is 1. The average molecular weight is 582 g/mol. The number of halogens is 2. The number of hydrogen-bond donors (Lipinski definition) is 2. The second-order valence-electron chi connectivity index (χ2n) is 10.9. The molecule has 43 heavy (non-hydrogen) atoms. The number of carbonyl (C=O) groups excluding carboxylic acids is 1. The summed E-state index contributed by atoms with van der Waals surface area (Å²) in [6, 6.07) is 13.9. The molecule has 1 fully saturated rings. The molecule has 0 spiro atoms. The lowest BCUT2D eigenvalue weighted by Crippen LogP contribution is -2.46. The summed E-state index contributed by atoms with van der Waals surface area (Å²) >= 11 is 0. The van der Waals surface area contributed by atoms with Crippen molar-refractivity contribution in [1.82, 2.24) is 39.5 Å². The van der Waals surface area contributed by atoms with Gasteiger partial charge in [0, 0.05) is 49.7 Å². The van der Waals surface area contributed by atoms with Crippen molar-refractivity contribution < 1.29 is 13.6 Å². The number of amides is 1. The topological polar surface area (TPSA) is 120 Å². The Balaban J connectivity index is 1.26. The third-order valence-electron chi connectivity index (χ3n) is 8.25. The van der Waals surface area contributed by atoms with Gasteiger partial charge < -0.3 is 16.0 Å². The van der Waals surface area contributed by atoms with Crippen LogP contribution in [-0.4, -0.2) is 65.4 Å². The molecule has 5 aromatic rings. The van der Waals surface area contributed by atoms with Crippen LogP contribution >= 0.6 is 0 Å². The molecule has 1 aromatic carbocycles. The molecule has 1 aliphatic carbocycles. The molecule has 5 heterocycles. The third kappa shape index (κ3) is 4.83. The highest BCUT2D eigenvalue weighted by atomic mass is 19.1. The minimum Gasteiger partial charge on any atom is -0.383 e. The fourth-order valence-electron chi connectivity index (χ4n) is 6.11. The molecular formula is C31H29F2N9O. The van der Waals surface area contributed by atoms with Gasteiger partial charge in [0.1, 0.15) is 17.5 Å². The first kappa shape index (κ1) is 26.9. The molecule has 10 nitrogen and oxygen atoms in total. The van der Waals surface area contributed by atoms with Crippen molar-refractivity contribution in [3.05, 3.63) is 90.7 Å². The average Bonchev–Trinajstić information content (AvgIpc) is 3.71. The molecule has 3 N–H and O–H groups in total. The molecule has 0 saturated carbocycles. The van der Waals surface area contributed by atoms with Crippen molar-refractivity contribution >= 4 is 22.9 Å². The fourth-order valence-corrected chi connectivity index (χ4v) is 6.11. The Morgan fingerprint density at radius 3 is 2.70 bits per heavy atom. The minimum absolute atomic E-state index is 0.0709. The van der Waals surface area contributed by atoms with Crippen molar-refractivity contribution in [3.63, 3.8) is 0 Å². The van der Waals surface area contributed by atoms with Gasteiger partial charge in [-0.2, -0.15) is 4.39 Å². The Bertz CT molecular complexity index is 1860. The van der Waals surface area contributed by atoms with Crippen molar-refractivity contribution in [3.8, 4) is 22.9 Å². The zero-order chi connectivity index (χ0) is 29.7. The number of anilines is 1. The molecule has 2 aliphatic rings. The number of nitrogen functional groups attached to an aromatic ring is 1. The standard InChI is InChI=1S/C31H29F2N9O/c1-2-27(43)40-13-9-19(10-14-40)36-28-21-6-5-20(16-18(21)17-23(28)32)42-30(22-4-3-12-35-29(22)34)37-24-7-8-26(38-31(24)42)41-15-11-25(33)39-41/h2-8,11-12,15-16,19,23,28,36H,1,9-10,13-14,17H2,(H2,34,35)/t23?,28-/m1/s1. The number of nitrogens with zero attached hydrogens (tertiary/aromatic N) is 7. The van der Waals surface area contributed by atoms with Gasteiger partial charge in [-0.15, -0.1) is 5.10 Å². The van der Waals surface area contributed by atoms with Crippen molar-refractivity contribution in [1.29, 1.82) is 0 Å². The van der Waals surface area contributed by atoms with E-state index in [-0.39, 0.29) is 18.4 Å². The van der Waals surface area contributed by atoms with Crippen LogP contribution in [0.1, 0.15) is 30.0 Å². The summed E-state index contributed by atoms with van der Waals surface area (Å²) < 4.78 is 32.4. The Kier molecular flexibility index (Phi) is 6.69. The highest BCUT2D eigenvalue weighted by Crippen LogP contribution is 2.38. The first-order valence-corrected chi connectivity index (χ1v) is 14.2. The van der Waals surface area contributed by atoms with Gasteiger partial charge >= 0.3 is 0 Å².